The molecular formula is C10H16O. The summed E-state index contributed by atoms with van der Waals surface area (Å²) in [5.41, 5.74) is 1.54. The molecule has 0 aromatic heterocycles. The quantitative estimate of drug-likeness (QED) is 0.526. The van der Waals surface area contributed by atoms with Gasteiger partial charge in [0, 0.05) is 0 Å². The van der Waals surface area contributed by atoms with Crippen LogP contribution < -0.4 is 0 Å². The van der Waals surface area contributed by atoms with Crippen LogP contribution >= 0.6 is 0 Å². The first-order chi connectivity index (χ1) is 5.03. The molecular weight excluding hydrogens is 136 g/mol. The summed E-state index contributed by atoms with van der Waals surface area (Å²) < 4.78 is 0. The maximum atomic E-state index is 9.51. The van der Waals surface area contributed by atoms with Gasteiger partial charge in [0.15, 0.2) is 0 Å². The number of rotatable bonds is 0. The van der Waals surface area contributed by atoms with E-state index in [1.807, 2.05) is 0 Å². The Morgan fingerprint density at radius 3 is 2.64 bits per heavy atom. The van der Waals surface area contributed by atoms with E-state index in [0.717, 1.165) is 30.3 Å². The molecule has 2 rings (SSSR count). The zero-order chi connectivity index (χ0) is 8.22. The van der Waals surface area contributed by atoms with Crippen molar-refractivity contribution in [2.24, 2.45) is 17.3 Å². The Kier molecular flexibility index (Phi) is 1.26. The zero-order valence-electron chi connectivity index (χ0n) is 7.30. The lowest BCUT2D eigenvalue weighted by Crippen LogP contribution is -2.15. The minimum Gasteiger partial charge on any atom is -0.389 e. The van der Waals surface area contributed by atoms with Crippen LogP contribution in [-0.4, -0.2) is 11.2 Å². The van der Waals surface area contributed by atoms with E-state index in [0.29, 0.717) is 5.41 Å². The SMILES string of the molecule is C=C1C[C@@H]2C(CC1O)C2(C)C. The molecule has 0 amide bonds. The van der Waals surface area contributed by atoms with Crippen molar-refractivity contribution in [2.75, 3.05) is 0 Å². The van der Waals surface area contributed by atoms with Crippen molar-refractivity contribution < 1.29 is 5.11 Å². The lowest BCUT2D eigenvalue weighted by atomic mass is 9.94. The molecule has 0 radical (unpaired) electrons. The van der Waals surface area contributed by atoms with E-state index in [1.165, 1.54) is 0 Å². The fourth-order valence-electron chi connectivity index (χ4n) is 2.56. The van der Waals surface area contributed by atoms with Crippen LogP contribution in [0.3, 0.4) is 0 Å². The van der Waals surface area contributed by atoms with Crippen LogP contribution in [0.1, 0.15) is 26.7 Å². The Labute approximate surface area is 68.1 Å². The second-order valence-electron chi connectivity index (χ2n) is 4.65. The molecule has 2 aliphatic carbocycles. The number of aliphatic hydroxyl groups is 1. The third-order valence-corrected chi connectivity index (χ3v) is 3.72. The molecule has 0 aromatic rings. The Balaban J connectivity index is 2.12. The van der Waals surface area contributed by atoms with Crippen molar-refractivity contribution in [2.45, 2.75) is 32.8 Å². The predicted octanol–water partition coefficient (Wildman–Crippen LogP) is 1.97. The van der Waals surface area contributed by atoms with Crippen LogP contribution in [0.25, 0.3) is 0 Å². The van der Waals surface area contributed by atoms with Gasteiger partial charge in [-0.2, -0.15) is 0 Å². The summed E-state index contributed by atoms with van der Waals surface area (Å²) in [5, 5.41) is 9.51. The highest BCUT2D eigenvalue weighted by Crippen LogP contribution is 2.65. The molecule has 1 N–H and O–H groups in total. The van der Waals surface area contributed by atoms with Gasteiger partial charge >= 0.3 is 0 Å². The molecule has 11 heavy (non-hydrogen) atoms. The molecule has 1 heteroatoms. The van der Waals surface area contributed by atoms with Gasteiger partial charge in [-0.1, -0.05) is 20.4 Å². The average molecular weight is 152 g/mol. The fraction of sp³-hybridized carbons (Fsp3) is 0.800. The molecule has 2 unspecified atom stereocenters. The van der Waals surface area contributed by atoms with Crippen molar-refractivity contribution in [3.05, 3.63) is 12.2 Å². The van der Waals surface area contributed by atoms with E-state index in [9.17, 15) is 5.11 Å². The standard InChI is InChI=1S/C10H16O/c1-6-4-7-8(5-9(6)11)10(7,2)3/h7-9,11H,1,4-5H2,2-3H3/t7-,8?,9?/m1/s1. The predicted molar refractivity (Wildman–Crippen MR) is 45.1 cm³/mol. The summed E-state index contributed by atoms with van der Waals surface area (Å²) >= 11 is 0. The normalized spacial score (nSPS) is 46.8. The van der Waals surface area contributed by atoms with Crippen LogP contribution in [0.4, 0.5) is 0 Å². The minimum atomic E-state index is -0.210. The van der Waals surface area contributed by atoms with Gasteiger partial charge in [0.25, 0.3) is 0 Å². The van der Waals surface area contributed by atoms with Crippen molar-refractivity contribution in [1.82, 2.24) is 0 Å². The highest BCUT2D eigenvalue weighted by molar-refractivity contribution is 5.20. The second kappa shape index (κ2) is 1.89. The van der Waals surface area contributed by atoms with Crippen molar-refractivity contribution in [1.29, 1.82) is 0 Å². The first kappa shape index (κ1) is 7.35. The second-order valence-corrected chi connectivity index (χ2v) is 4.65. The van der Waals surface area contributed by atoms with Gasteiger partial charge in [0.1, 0.15) is 0 Å². The Morgan fingerprint density at radius 2 is 2.09 bits per heavy atom. The summed E-state index contributed by atoms with van der Waals surface area (Å²) in [4.78, 5) is 0. The summed E-state index contributed by atoms with van der Waals surface area (Å²) in [6.45, 7) is 8.49. The van der Waals surface area contributed by atoms with Gasteiger partial charge in [0.2, 0.25) is 0 Å². The Bertz CT molecular complexity index is 205. The molecule has 0 saturated heterocycles. The molecule has 0 aromatic carbocycles. The molecule has 0 aliphatic heterocycles. The van der Waals surface area contributed by atoms with E-state index in [-0.39, 0.29) is 6.10 Å². The Morgan fingerprint density at radius 1 is 1.45 bits per heavy atom. The molecule has 0 heterocycles. The molecule has 2 fully saturated rings. The zero-order valence-corrected chi connectivity index (χ0v) is 7.30. The van der Waals surface area contributed by atoms with E-state index >= 15 is 0 Å². The van der Waals surface area contributed by atoms with Crippen LogP contribution in [0.5, 0.6) is 0 Å². The van der Waals surface area contributed by atoms with Crippen molar-refractivity contribution in [3.8, 4) is 0 Å². The molecule has 0 bridgehead atoms. The summed E-state index contributed by atoms with van der Waals surface area (Å²) in [6, 6.07) is 0. The Hall–Kier alpha value is -0.300. The molecule has 1 nitrogen and oxygen atoms in total. The fourth-order valence-corrected chi connectivity index (χ4v) is 2.56. The number of hydrogen-bond donors (Lipinski definition) is 1. The van der Waals surface area contributed by atoms with Gasteiger partial charge in [-0.05, 0) is 35.7 Å². The van der Waals surface area contributed by atoms with Gasteiger partial charge in [0.05, 0.1) is 6.10 Å². The lowest BCUT2D eigenvalue weighted by molar-refractivity contribution is 0.172. The van der Waals surface area contributed by atoms with E-state index in [1.54, 1.807) is 0 Å². The van der Waals surface area contributed by atoms with Crippen molar-refractivity contribution in [3.63, 3.8) is 0 Å². The van der Waals surface area contributed by atoms with Gasteiger partial charge < -0.3 is 5.11 Å². The topological polar surface area (TPSA) is 20.2 Å². The summed E-state index contributed by atoms with van der Waals surface area (Å²) in [7, 11) is 0. The summed E-state index contributed by atoms with van der Waals surface area (Å²) in [6.07, 6.45) is 1.80. The molecule has 2 saturated carbocycles. The maximum Gasteiger partial charge on any atom is 0.0750 e. The van der Waals surface area contributed by atoms with Gasteiger partial charge in [-0.15, -0.1) is 0 Å². The minimum absolute atomic E-state index is 0.210. The smallest absolute Gasteiger partial charge is 0.0750 e. The van der Waals surface area contributed by atoms with E-state index in [4.69, 9.17) is 0 Å². The summed E-state index contributed by atoms with van der Waals surface area (Å²) in [5.74, 6) is 1.58. The highest BCUT2D eigenvalue weighted by Gasteiger charge is 2.59. The monoisotopic (exact) mass is 152 g/mol. The highest BCUT2D eigenvalue weighted by atomic mass is 16.3. The third kappa shape index (κ3) is 0.871. The maximum absolute atomic E-state index is 9.51. The number of aliphatic hydroxyl groups excluding tert-OH is 1. The number of fused-ring (bicyclic) bond motifs is 1. The number of hydrogen-bond acceptors (Lipinski definition) is 1. The third-order valence-electron chi connectivity index (χ3n) is 3.72. The largest absolute Gasteiger partial charge is 0.389 e. The molecule has 2 aliphatic rings. The van der Waals surface area contributed by atoms with E-state index < -0.39 is 0 Å². The molecule has 0 spiro atoms. The van der Waals surface area contributed by atoms with Crippen LogP contribution in [0.15, 0.2) is 12.2 Å². The lowest BCUT2D eigenvalue weighted by Gasteiger charge is -2.17. The van der Waals surface area contributed by atoms with Crippen LogP contribution in [-0.2, 0) is 0 Å². The molecule has 62 valence electrons. The van der Waals surface area contributed by atoms with E-state index in [2.05, 4.69) is 20.4 Å². The van der Waals surface area contributed by atoms with Gasteiger partial charge in [-0.25, -0.2) is 0 Å². The average Bonchev–Trinajstić information content (AvgIpc) is 2.39. The van der Waals surface area contributed by atoms with Crippen LogP contribution in [0, 0.1) is 17.3 Å². The molecule has 3 atom stereocenters. The van der Waals surface area contributed by atoms with Crippen molar-refractivity contribution >= 4 is 0 Å². The first-order valence-corrected chi connectivity index (χ1v) is 4.39. The van der Waals surface area contributed by atoms with Gasteiger partial charge in [-0.3, -0.25) is 0 Å². The first-order valence-electron chi connectivity index (χ1n) is 4.39. The van der Waals surface area contributed by atoms with Crippen LogP contribution in [0.2, 0.25) is 0 Å².